The zero-order valence-electron chi connectivity index (χ0n) is 48.5. The van der Waals surface area contributed by atoms with Crippen LogP contribution in [-0.2, 0) is 28.6 Å². The first-order valence-electron chi connectivity index (χ1n) is 30.7. The molecule has 1 unspecified atom stereocenters. The largest absolute Gasteiger partial charge is 0.462 e. The standard InChI is InChI=1S/C69H112O6/c1-4-7-10-13-16-19-22-25-28-31-33-34-35-36-37-39-41-44-47-50-53-56-59-62-68(71)74-65-66(64-73-67(70)61-58-55-52-49-46-43-40-30-27-24-21-18-15-12-9-6-3)75-69(72)63-60-57-54-51-48-45-42-38-32-29-26-23-20-17-14-11-8-5-2/h7,10,16,19-21,23-25,28-30,32-34,36-37,40-41,44,50,53,66H,4-6,8-9,11-15,17-18,22,26-27,31,35,38-39,42-43,45-49,51-52,54-65H2,1-3H3/b10-7-,19-16-,23-20-,24-21-,28-25-,32-29-,34-33-,37-36-,40-30-,44-41-,53-50-. The first-order chi connectivity index (χ1) is 37.0. The third-order valence-corrected chi connectivity index (χ3v) is 12.6. The van der Waals surface area contributed by atoms with Gasteiger partial charge in [0, 0.05) is 19.3 Å². The van der Waals surface area contributed by atoms with Crippen molar-refractivity contribution in [3.05, 3.63) is 134 Å². The molecular formula is C69H112O6. The predicted octanol–water partition coefficient (Wildman–Crippen LogP) is 21.0. The molecule has 0 fully saturated rings. The van der Waals surface area contributed by atoms with Gasteiger partial charge in [0.15, 0.2) is 6.10 Å². The van der Waals surface area contributed by atoms with E-state index in [1.165, 1.54) is 89.9 Å². The normalized spacial score (nSPS) is 13.1. The van der Waals surface area contributed by atoms with Crippen LogP contribution in [0.5, 0.6) is 0 Å². The molecule has 0 spiro atoms. The zero-order valence-corrected chi connectivity index (χ0v) is 48.5. The van der Waals surface area contributed by atoms with Gasteiger partial charge in [0.2, 0.25) is 0 Å². The van der Waals surface area contributed by atoms with Crippen LogP contribution < -0.4 is 0 Å². The van der Waals surface area contributed by atoms with Crippen molar-refractivity contribution < 1.29 is 28.6 Å². The molecule has 0 aromatic carbocycles. The van der Waals surface area contributed by atoms with Gasteiger partial charge in [-0.1, -0.05) is 244 Å². The maximum Gasteiger partial charge on any atom is 0.306 e. The highest BCUT2D eigenvalue weighted by Gasteiger charge is 2.19. The van der Waals surface area contributed by atoms with Crippen LogP contribution in [0, 0.1) is 0 Å². The van der Waals surface area contributed by atoms with Crippen LogP contribution in [0.2, 0.25) is 0 Å². The van der Waals surface area contributed by atoms with Crippen molar-refractivity contribution in [3.63, 3.8) is 0 Å². The van der Waals surface area contributed by atoms with Crippen molar-refractivity contribution in [1.29, 1.82) is 0 Å². The first kappa shape index (κ1) is 70.5. The Morgan fingerprint density at radius 3 is 0.867 bits per heavy atom. The third kappa shape index (κ3) is 60.3. The number of carbonyl (C=O) groups excluding carboxylic acids is 3. The molecular weight excluding hydrogens is 925 g/mol. The molecule has 0 aliphatic rings. The van der Waals surface area contributed by atoms with Gasteiger partial charge in [0.05, 0.1) is 0 Å². The van der Waals surface area contributed by atoms with Crippen LogP contribution in [0.3, 0.4) is 0 Å². The molecule has 0 aliphatic carbocycles. The lowest BCUT2D eigenvalue weighted by Crippen LogP contribution is -2.30. The Hall–Kier alpha value is -4.45. The predicted molar refractivity (Wildman–Crippen MR) is 325 cm³/mol. The molecule has 6 heteroatoms. The molecule has 75 heavy (non-hydrogen) atoms. The number of unbranched alkanes of at least 4 members (excludes halogenated alkanes) is 21. The van der Waals surface area contributed by atoms with E-state index in [1.54, 1.807) is 0 Å². The van der Waals surface area contributed by atoms with Crippen molar-refractivity contribution in [2.24, 2.45) is 0 Å². The van der Waals surface area contributed by atoms with Crippen molar-refractivity contribution in [3.8, 4) is 0 Å². The Bertz CT molecular complexity index is 1620. The first-order valence-corrected chi connectivity index (χ1v) is 30.7. The molecule has 0 N–H and O–H groups in total. The summed E-state index contributed by atoms with van der Waals surface area (Å²) in [6.07, 6.45) is 87.3. The van der Waals surface area contributed by atoms with Gasteiger partial charge in [-0.2, -0.15) is 0 Å². The third-order valence-electron chi connectivity index (χ3n) is 12.6. The van der Waals surface area contributed by atoms with Gasteiger partial charge in [-0.15, -0.1) is 0 Å². The molecule has 0 saturated carbocycles. The summed E-state index contributed by atoms with van der Waals surface area (Å²) in [5.74, 6) is -0.993. The van der Waals surface area contributed by atoms with Crippen molar-refractivity contribution in [2.75, 3.05) is 13.2 Å². The van der Waals surface area contributed by atoms with E-state index in [0.717, 1.165) is 128 Å². The fourth-order valence-electron chi connectivity index (χ4n) is 8.02. The van der Waals surface area contributed by atoms with Crippen molar-refractivity contribution in [1.82, 2.24) is 0 Å². The highest BCUT2D eigenvalue weighted by atomic mass is 16.6. The van der Waals surface area contributed by atoms with E-state index in [-0.39, 0.29) is 37.5 Å². The Morgan fingerprint density at radius 2 is 0.533 bits per heavy atom. The lowest BCUT2D eigenvalue weighted by molar-refractivity contribution is -0.167. The maximum absolute atomic E-state index is 12.9. The number of hydrogen-bond acceptors (Lipinski definition) is 6. The highest BCUT2D eigenvalue weighted by Crippen LogP contribution is 2.14. The quantitative estimate of drug-likeness (QED) is 0.0261. The molecule has 0 saturated heterocycles. The summed E-state index contributed by atoms with van der Waals surface area (Å²) in [6.45, 7) is 6.43. The van der Waals surface area contributed by atoms with E-state index in [2.05, 4.69) is 154 Å². The Kier molecular flexibility index (Phi) is 58.4. The molecule has 0 rings (SSSR count). The van der Waals surface area contributed by atoms with Gasteiger partial charge in [-0.25, -0.2) is 0 Å². The lowest BCUT2D eigenvalue weighted by atomic mass is 10.1. The number of allylic oxidation sites excluding steroid dienone is 22. The number of rotatable bonds is 54. The van der Waals surface area contributed by atoms with Gasteiger partial charge in [-0.3, -0.25) is 14.4 Å². The summed E-state index contributed by atoms with van der Waals surface area (Å²) in [5, 5.41) is 0. The number of ether oxygens (including phenoxy) is 3. The van der Waals surface area contributed by atoms with E-state index in [1.807, 2.05) is 0 Å². The Balaban J connectivity index is 4.54. The van der Waals surface area contributed by atoms with Crippen LogP contribution in [0.1, 0.15) is 265 Å². The van der Waals surface area contributed by atoms with Crippen LogP contribution in [0.4, 0.5) is 0 Å². The monoisotopic (exact) mass is 1040 g/mol. The molecule has 0 aliphatic heterocycles. The molecule has 0 aromatic rings. The van der Waals surface area contributed by atoms with Gasteiger partial charge < -0.3 is 14.2 Å². The Labute approximate surface area is 462 Å². The molecule has 424 valence electrons. The van der Waals surface area contributed by atoms with Crippen LogP contribution in [0.15, 0.2) is 134 Å². The summed E-state index contributed by atoms with van der Waals surface area (Å²) < 4.78 is 16.8. The fraction of sp³-hybridized carbons (Fsp3) is 0.638. The SMILES string of the molecule is CC/C=C\C/C=C\C/C=C\C/C=C\C/C=C\C/C=C\C/C=C\CCCC(=O)OCC(COC(=O)CCCCCCC/C=C\C/C=C\CCCCCC)OC(=O)CCCCCCCCC/C=C\C/C=C\CCCCCC. The highest BCUT2D eigenvalue weighted by molar-refractivity contribution is 5.71. The molecule has 1 atom stereocenters. The van der Waals surface area contributed by atoms with E-state index in [4.69, 9.17) is 14.2 Å². The summed E-state index contributed by atoms with van der Waals surface area (Å²) in [5.41, 5.74) is 0. The summed E-state index contributed by atoms with van der Waals surface area (Å²) in [4.78, 5) is 38.3. The average Bonchev–Trinajstić information content (AvgIpc) is 3.41. The van der Waals surface area contributed by atoms with E-state index < -0.39 is 6.10 Å². The van der Waals surface area contributed by atoms with Crippen LogP contribution in [-0.4, -0.2) is 37.2 Å². The second-order valence-corrected chi connectivity index (χ2v) is 19.9. The number of carbonyl (C=O) groups is 3. The second-order valence-electron chi connectivity index (χ2n) is 19.9. The molecule has 6 nitrogen and oxygen atoms in total. The van der Waals surface area contributed by atoms with Gasteiger partial charge in [0.1, 0.15) is 13.2 Å². The smallest absolute Gasteiger partial charge is 0.306 e. The topological polar surface area (TPSA) is 78.9 Å². The van der Waals surface area contributed by atoms with Gasteiger partial charge in [0.25, 0.3) is 0 Å². The summed E-state index contributed by atoms with van der Waals surface area (Å²) >= 11 is 0. The maximum atomic E-state index is 12.9. The van der Waals surface area contributed by atoms with Crippen molar-refractivity contribution >= 4 is 17.9 Å². The Morgan fingerprint density at radius 1 is 0.280 bits per heavy atom. The van der Waals surface area contributed by atoms with Crippen molar-refractivity contribution in [2.45, 2.75) is 271 Å². The van der Waals surface area contributed by atoms with Crippen LogP contribution in [0.25, 0.3) is 0 Å². The van der Waals surface area contributed by atoms with Gasteiger partial charge >= 0.3 is 17.9 Å². The second kappa shape index (κ2) is 62.1. The van der Waals surface area contributed by atoms with E-state index in [0.29, 0.717) is 19.3 Å². The molecule has 0 aromatic heterocycles. The molecule has 0 radical (unpaired) electrons. The average molecular weight is 1040 g/mol. The zero-order chi connectivity index (χ0) is 54.3. The molecule has 0 heterocycles. The molecule has 0 bridgehead atoms. The minimum atomic E-state index is -0.818. The summed E-state index contributed by atoms with van der Waals surface area (Å²) in [6, 6.07) is 0. The summed E-state index contributed by atoms with van der Waals surface area (Å²) in [7, 11) is 0. The van der Waals surface area contributed by atoms with E-state index in [9.17, 15) is 14.4 Å². The van der Waals surface area contributed by atoms with Gasteiger partial charge in [-0.05, 0) is 135 Å². The van der Waals surface area contributed by atoms with Crippen LogP contribution >= 0.6 is 0 Å². The molecule has 0 amide bonds. The minimum absolute atomic E-state index is 0.111. The number of hydrogen-bond donors (Lipinski definition) is 0. The fourth-order valence-corrected chi connectivity index (χ4v) is 8.02. The number of esters is 3. The lowest BCUT2D eigenvalue weighted by Gasteiger charge is -2.18. The minimum Gasteiger partial charge on any atom is -0.462 e. The van der Waals surface area contributed by atoms with E-state index >= 15 is 0 Å².